The van der Waals surface area contributed by atoms with E-state index in [2.05, 4.69) is 11.7 Å². The summed E-state index contributed by atoms with van der Waals surface area (Å²) >= 11 is 0. The number of ether oxygens (including phenoxy) is 3. The summed E-state index contributed by atoms with van der Waals surface area (Å²) in [7, 11) is 0. The third-order valence-electron chi connectivity index (χ3n) is 8.72. The fraction of sp³-hybridized carbons (Fsp3) is 0.793. The number of unbranched alkanes of at least 4 members (excludes halogenated alkanes) is 1. The Balaban J connectivity index is 1.11. The lowest BCUT2D eigenvalue weighted by Crippen LogP contribution is -2.39. The number of benzene rings is 1. The van der Waals surface area contributed by atoms with Crippen molar-refractivity contribution in [2.24, 2.45) is 29.6 Å². The zero-order valence-corrected chi connectivity index (χ0v) is 21.2. The quantitative estimate of drug-likeness (QED) is 0.344. The normalized spacial score (nSPS) is 32.3. The van der Waals surface area contributed by atoms with Crippen molar-refractivity contribution in [2.75, 3.05) is 13.2 Å². The van der Waals surface area contributed by atoms with Gasteiger partial charge in [0.05, 0.1) is 13.2 Å². The molecule has 0 atom stereocenters. The smallest absolute Gasteiger partial charge is 0.406 e. The molecule has 3 aliphatic rings. The standard InChI is InChI=1S/C29H43F3O3/c1-2-3-4-23-19-33-28(34-20-23)26-15-13-25(14-16-26)24-11-7-21(8-12-24)5-6-22-9-17-27(18-10-22)35-29(30,31)32/h9-10,17-18,21,23-26,28H,2-8,11-16,19-20H2,1H3. The van der Waals surface area contributed by atoms with E-state index < -0.39 is 6.36 Å². The summed E-state index contributed by atoms with van der Waals surface area (Å²) in [6.07, 6.45) is 11.5. The van der Waals surface area contributed by atoms with Crippen LogP contribution in [0.4, 0.5) is 13.2 Å². The Kier molecular flexibility index (Phi) is 9.80. The van der Waals surface area contributed by atoms with Gasteiger partial charge in [0.1, 0.15) is 5.75 Å². The van der Waals surface area contributed by atoms with Gasteiger partial charge >= 0.3 is 6.36 Å². The maximum atomic E-state index is 12.3. The van der Waals surface area contributed by atoms with E-state index in [0.29, 0.717) is 11.8 Å². The van der Waals surface area contributed by atoms with E-state index in [0.717, 1.165) is 49.4 Å². The third kappa shape index (κ3) is 8.38. The van der Waals surface area contributed by atoms with Crippen LogP contribution in [0.1, 0.15) is 89.5 Å². The zero-order chi connectivity index (χ0) is 24.7. The molecule has 0 N–H and O–H groups in total. The molecule has 1 saturated heterocycles. The van der Waals surface area contributed by atoms with E-state index in [1.54, 1.807) is 12.1 Å². The first-order chi connectivity index (χ1) is 16.9. The molecule has 35 heavy (non-hydrogen) atoms. The maximum Gasteiger partial charge on any atom is 0.573 e. The molecule has 1 aliphatic heterocycles. The van der Waals surface area contributed by atoms with Crippen molar-refractivity contribution >= 4 is 0 Å². The lowest BCUT2D eigenvalue weighted by Gasteiger charge is -2.41. The molecular formula is C29H43F3O3. The number of alkyl halides is 3. The van der Waals surface area contributed by atoms with Crippen LogP contribution < -0.4 is 4.74 Å². The van der Waals surface area contributed by atoms with Crippen molar-refractivity contribution in [2.45, 2.75) is 103 Å². The van der Waals surface area contributed by atoms with Gasteiger partial charge < -0.3 is 14.2 Å². The molecule has 1 heterocycles. The van der Waals surface area contributed by atoms with Crippen molar-refractivity contribution in [1.29, 1.82) is 0 Å². The van der Waals surface area contributed by atoms with Crippen LogP contribution in [0.2, 0.25) is 0 Å². The van der Waals surface area contributed by atoms with Crippen molar-refractivity contribution in [3.63, 3.8) is 0 Å². The molecule has 1 aromatic rings. The van der Waals surface area contributed by atoms with Crippen LogP contribution in [0.25, 0.3) is 0 Å². The summed E-state index contributed by atoms with van der Waals surface area (Å²) in [5, 5.41) is 0. The van der Waals surface area contributed by atoms with Crippen LogP contribution in [0.5, 0.6) is 5.75 Å². The molecule has 0 unspecified atom stereocenters. The molecule has 2 aliphatic carbocycles. The van der Waals surface area contributed by atoms with Gasteiger partial charge in [-0.15, -0.1) is 13.2 Å². The first kappa shape index (κ1) is 26.8. The minimum Gasteiger partial charge on any atom is -0.406 e. The second-order valence-electron chi connectivity index (χ2n) is 11.2. The molecule has 198 valence electrons. The van der Waals surface area contributed by atoms with Crippen LogP contribution in [0, 0.1) is 29.6 Å². The highest BCUT2D eigenvalue weighted by Gasteiger charge is 2.36. The Morgan fingerprint density at radius 2 is 1.34 bits per heavy atom. The topological polar surface area (TPSA) is 27.7 Å². The number of aryl methyl sites for hydroxylation is 1. The van der Waals surface area contributed by atoms with Gasteiger partial charge in [-0.25, -0.2) is 0 Å². The van der Waals surface area contributed by atoms with Crippen LogP contribution >= 0.6 is 0 Å². The Labute approximate surface area is 209 Å². The van der Waals surface area contributed by atoms with E-state index in [4.69, 9.17) is 9.47 Å². The summed E-state index contributed by atoms with van der Waals surface area (Å²) in [6.45, 7) is 3.99. The monoisotopic (exact) mass is 496 g/mol. The van der Waals surface area contributed by atoms with E-state index in [1.807, 2.05) is 0 Å². The Morgan fingerprint density at radius 1 is 0.771 bits per heavy atom. The molecule has 0 amide bonds. The van der Waals surface area contributed by atoms with Gasteiger partial charge in [-0.3, -0.25) is 0 Å². The second kappa shape index (κ2) is 12.8. The van der Waals surface area contributed by atoms with Gasteiger partial charge in [0, 0.05) is 11.8 Å². The fourth-order valence-corrected chi connectivity index (χ4v) is 6.56. The van der Waals surface area contributed by atoms with Crippen molar-refractivity contribution < 1.29 is 27.4 Å². The largest absolute Gasteiger partial charge is 0.573 e. The first-order valence-corrected chi connectivity index (χ1v) is 14.0. The number of rotatable bonds is 9. The summed E-state index contributed by atoms with van der Waals surface area (Å²) in [6, 6.07) is 6.36. The lowest BCUT2D eigenvalue weighted by atomic mass is 9.68. The van der Waals surface area contributed by atoms with Gasteiger partial charge in [-0.05, 0) is 93.2 Å². The van der Waals surface area contributed by atoms with Crippen LogP contribution in [-0.4, -0.2) is 25.9 Å². The summed E-state index contributed by atoms with van der Waals surface area (Å²) in [5.41, 5.74) is 1.09. The van der Waals surface area contributed by atoms with Gasteiger partial charge in [0.15, 0.2) is 6.29 Å². The van der Waals surface area contributed by atoms with Crippen LogP contribution in [-0.2, 0) is 15.9 Å². The average molecular weight is 497 g/mol. The first-order valence-electron chi connectivity index (χ1n) is 14.0. The minimum atomic E-state index is -4.63. The lowest BCUT2D eigenvalue weighted by molar-refractivity contribution is -0.274. The minimum absolute atomic E-state index is 0.0265. The highest BCUT2D eigenvalue weighted by atomic mass is 19.4. The molecule has 3 fully saturated rings. The molecule has 3 nitrogen and oxygen atoms in total. The molecule has 6 heteroatoms. The highest BCUT2D eigenvalue weighted by Crippen LogP contribution is 2.43. The molecule has 1 aromatic carbocycles. The zero-order valence-electron chi connectivity index (χ0n) is 21.2. The predicted molar refractivity (Wildman–Crippen MR) is 131 cm³/mol. The van der Waals surface area contributed by atoms with Gasteiger partial charge in [0.25, 0.3) is 0 Å². The second-order valence-corrected chi connectivity index (χ2v) is 11.2. The SMILES string of the molecule is CCCCC1COC(C2CCC(C3CCC(CCc4ccc(OC(F)(F)F)cc4)CC3)CC2)OC1. The summed E-state index contributed by atoms with van der Waals surface area (Å²) in [5.74, 6) is 3.46. The average Bonchev–Trinajstić information content (AvgIpc) is 2.87. The third-order valence-corrected chi connectivity index (χ3v) is 8.72. The molecule has 0 bridgehead atoms. The molecule has 0 radical (unpaired) electrons. The van der Waals surface area contributed by atoms with Gasteiger partial charge in [-0.1, -0.05) is 44.7 Å². The van der Waals surface area contributed by atoms with Crippen LogP contribution in [0.15, 0.2) is 24.3 Å². The predicted octanol–water partition coefficient (Wildman–Crippen LogP) is 8.31. The molecule has 0 spiro atoms. The Bertz CT molecular complexity index is 727. The summed E-state index contributed by atoms with van der Waals surface area (Å²) < 4.78 is 53.2. The molecule has 0 aromatic heterocycles. The molecule has 2 saturated carbocycles. The molecule has 4 rings (SSSR count). The van der Waals surface area contributed by atoms with Crippen molar-refractivity contribution in [1.82, 2.24) is 0 Å². The summed E-state index contributed by atoms with van der Waals surface area (Å²) in [4.78, 5) is 0. The van der Waals surface area contributed by atoms with E-state index >= 15 is 0 Å². The van der Waals surface area contributed by atoms with Gasteiger partial charge in [-0.2, -0.15) is 0 Å². The van der Waals surface area contributed by atoms with Crippen molar-refractivity contribution in [3.8, 4) is 5.75 Å². The maximum absolute atomic E-state index is 12.3. The molecular weight excluding hydrogens is 453 g/mol. The highest BCUT2D eigenvalue weighted by molar-refractivity contribution is 5.27. The number of hydrogen-bond acceptors (Lipinski definition) is 3. The van der Waals surface area contributed by atoms with E-state index in [1.165, 1.54) is 82.8 Å². The van der Waals surface area contributed by atoms with Crippen molar-refractivity contribution in [3.05, 3.63) is 29.8 Å². The number of hydrogen-bond donors (Lipinski definition) is 0. The Hall–Kier alpha value is -1.27. The van der Waals surface area contributed by atoms with Crippen LogP contribution in [0.3, 0.4) is 0 Å². The Morgan fingerprint density at radius 3 is 1.91 bits per heavy atom. The van der Waals surface area contributed by atoms with E-state index in [9.17, 15) is 13.2 Å². The fourth-order valence-electron chi connectivity index (χ4n) is 6.56. The van der Waals surface area contributed by atoms with E-state index in [-0.39, 0.29) is 12.0 Å². The number of halogens is 3. The van der Waals surface area contributed by atoms with Gasteiger partial charge in [0.2, 0.25) is 0 Å².